The molecule has 0 amide bonds. The fraction of sp³-hybridized carbons (Fsp3) is 0.462. The van der Waals surface area contributed by atoms with E-state index in [0.717, 1.165) is 30.7 Å². The van der Waals surface area contributed by atoms with Crippen LogP contribution in [0.15, 0.2) is 24.3 Å². The van der Waals surface area contributed by atoms with Crippen LogP contribution in [0.4, 0.5) is 0 Å². The average Bonchev–Trinajstić information content (AvgIpc) is 2.83. The number of hydrogen-bond acceptors (Lipinski definition) is 3. The van der Waals surface area contributed by atoms with Crippen LogP contribution in [0.25, 0.3) is 0 Å². The van der Waals surface area contributed by atoms with Gasteiger partial charge in [-0.15, -0.1) is 0 Å². The molecule has 0 radical (unpaired) electrons. The molecule has 0 aromatic heterocycles. The van der Waals surface area contributed by atoms with Gasteiger partial charge in [0.25, 0.3) is 0 Å². The lowest BCUT2D eigenvalue weighted by Gasteiger charge is -2.09. The van der Waals surface area contributed by atoms with E-state index in [9.17, 15) is 4.79 Å². The zero-order valence-corrected chi connectivity index (χ0v) is 9.53. The molecule has 0 bridgehead atoms. The lowest BCUT2D eigenvalue weighted by molar-refractivity contribution is 0.0952. The maximum Gasteiger partial charge on any atom is 0.179 e. The summed E-state index contributed by atoms with van der Waals surface area (Å²) in [5.74, 6) is 1.01. The predicted molar refractivity (Wildman–Crippen MR) is 63.0 cm³/mol. The number of nitrogens with one attached hydrogen (secondary N) is 1. The number of carbonyl (C=O) groups is 1. The molecule has 0 saturated carbocycles. The number of benzene rings is 1. The third-order valence-corrected chi connectivity index (χ3v) is 2.83. The van der Waals surface area contributed by atoms with E-state index < -0.39 is 0 Å². The van der Waals surface area contributed by atoms with E-state index in [1.807, 2.05) is 31.2 Å². The molecule has 3 nitrogen and oxygen atoms in total. The van der Waals surface area contributed by atoms with Gasteiger partial charge >= 0.3 is 0 Å². The highest BCUT2D eigenvalue weighted by Crippen LogP contribution is 2.16. The second-order valence-corrected chi connectivity index (χ2v) is 3.97. The second kappa shape index (κ2) is 5.12. The number of hydrogen-bond donors (Lipinski definition) is 1. The van der Waals surface area contributed by atoms with Crippen molar-refractivity contribution >= 4 is 5.78 Å². The van der Waals surface area contributed by atoms with Gasteiger partial charge < -0.3 is 10.1 Å². The first-order chi connectivity index (χ1) is 7.81. The van der Waals surface area contributed by atoms with Crippen LogP contribution in [-0.4, -0.2) is 25.0 Å². The number of carbonyl (C=O) groups excluding carboxylic acids is 1. The number of rotatable bonds is 4. The van der Waals surface area contributed by atoms with Gasteiger partial charge in [0.1, 0.15) is 5.75 Å². The molecule has 1 aromatic rings. The molecular weight excluding hydrogens is 202 g/mol. The minimum Gasteiger partial charge on any atom is -0.494 e. The Bertz CT molecular complexity index is 353. The molecule has 1 aromatic carbocycles. The van der Waals surface area contributed by atoms with Gasteiger partial charge in [-0.05, 0) is 50.6 Å². The highest BCUT2D eigenvalue weighted by Gasteiger charge is 2.22. The Kier molecular flexibility index (Phi) is 3.57. The molecule has 1 heterocycles. The Hall–Kier alpha value is -1.35. The quantitative estimate of drug-likeness (QED) is 0.787. The molecule has 0 aliphatic carbocycles. The lowest BCUT2D eigenvalue weighted by Crippen LogP contribution is -2.30. The zero-order valence-electron chi connectivity index (χ0n) is 9.53. The summed E-state index contributed by atoms with van der Waals surface area (Å²) < 4.78 is 5.34. The molecule has 1 N–H and O–H groups in total. The Labute approximate surface area is 95.8 Å². The topological polar surface area (TPSA) is 38.3 Å². The Morgan fingerprint density at radius 3 is 2.75 bits per heavy atom. The van der Waals surface area contributed by atoms with Crippen LogP contribution in [-0.2, 0) is 0 Å². The number of ether oxygens (including phenoxy) is 1. The van der Waals surface area contributed by atoms with E-state index in [2.05, 4.69) is 5.32 Å². The standard InChI is InChI=1S/C13H17NO2/c1-2-16-11-7-5-10(6-8-11)13(15)12-4-3-9-14-12/h5-8,12,14H,2-4,9H2,1H3. The van der Waals surface area contributed by atoms with Gasteiger partial charge in [-0.25, -0.2) is 0 Å². The average molecular weight is 219 g/mol. The molecule has 1 atom stereocenters. The minimum absolute atomic E-state index is 0.0120. The van der Waals surface area contributed by atoms with Crippen molar-refractivity contribution in [1.29, 1.82) is 0 Å². The van der Waals surface area contributed by atoms with Gasteiger partial charge in [-0.1, -0.05) is 0 Å². The van der Waals surface area contributed by atoms with Crippen molar-refractivity contribution in [1.82, 2.24) is 5.32 Å². The Morgan fingerprint density at radius 2 is 2.19 bits per heavy atom. The highest BCUT2D eigenvalue weighted by molar-refractivity contribution is 6.00. The van der Waals surface area contributed by atoms with Crippen molar-refractivity contribution < 1.29 is 9.53 Å². The van der Waals surface area contributed by atoms with Gasteiger partial charge in [-0.3, -0.25) is 4.79 Å². The smallest absolute Gasteiger partial charge is 0.179 e. The summed E-state index contributed by atoms with van der Waals surface area (Å²) in [6, 6.07) is 7.40. The molecule has 16 heavy (non-hydrogen) atoms. The van der Waals surface area contributed by atoms with Crippen LogP contribution in [0.1, 0.15) is 30.1 Å². The van der Waals surface area contributed by atoms with Gasteiger partial charge in [0.2, 0.25) is 0 Å². The molecule has 1 unspecified atom stereocenters. The van der Waals surface area contributed by atoms with Crippen molar-refractivity contribution in [3.05, 3.63) is 29.8 Å². The second-order valence-electron chi connectivity index (χ2n) is 3.97. The lowest BCUT2D eigenvalue weighted by atomic mass is 10.0. The highest BCUT2D eigenvalue weighted by atomic mass is 16.5. The van der Waals surface area contributed by atoms with Crippen LogP contribution in [0.3, 0.4) is 0 Å². The Morgan fingerprint density at radius 1 is 1.44 bits per heavy atom. The monoisotopic (exact) mass is 219 g/mol. The van der Waals surface area contributed by atoms with E-state index in [4.69, 9.17) is 4.74 Å². The van der Waals surface area contributed by atoms with Gasteiger partial charge in [0, 0.05) is 5.56 Å². The predicted octanol–water partition coefficient (Wildman–Crippen LogP) is 2.02. The zero-order chi connectivity index (χ0) is 11.4. The molecule has 1 aliphatic heterocycles. The maximum atomic E-state index is 12.0. The van der Waals surface area contributed by atoms with Crippen LogP contribution in [0.2, 0.25) is 0 Å². The molecule has 0 spiro atoms. The summed E-state index contributed by atoms with van der Waals surface area (Å²) in [6.07, 6.45) is 2.04. The Balaban J connectivity index is 2.05. The van der Waals surface area contributed by atoms with Crippen molar-refractivity contribution in [3.63, 3.8) is 0 Å². The summed E-state index contributed by atoms with van der Waals surface area (Å²) in [5.41, 5.74) is 0.767. The van der Waals surface area contributed by atoms with E-state index >= 15 is 0 Å². The molecule has 86 valence electrons. The first-order valence-corrected chi connectivity index (χ1v) is 5.81. The van der Waals surface area contributed by atoms with Crippen LogP contribution in [0.5, 0.6) is 5.75 Å². The van der Waals surface area contributed by atoms with Crippen molar-refractivity contribution in [2.24, 2.45) is 0 Å². The molecule has 3 heteroatoms. The number of ketones is 1. The van der Waals surface area contributed by atoms with Crippen molar-refractivity contribution in [2.75, 3.05) is 13.2 Å². The first-order valence-electron chi connectivity index (χ1n) is 5.81. The maximum absolute atomic E-state index is 12.0. The summed E-state index contributed by atoms with van der Waals surface area (Å²) in [6.45, 7) is 3.55. The van der Waals surface area contributed by atoms with Crippen LogP contribution >= 0.6 is 0 Å². The number of Topliss-reactive ketones (excluding diaryl/α,β-unsaturated/α-hetero) is 1. The SMILES string of the molecule is CCOc1ccc(C(=O)C2CCCN2)cc1. The van der Waals surface area contributed by atoms with E-state index in [-0.39, 0.29) is 11.8 Å². The summed E-state index contributed by atoms with van der Waals surface area (Å²) in [4.78, 5) is 12.0. The largest absolute Gasteiger partial charge is 0.494 e. The van der Waals surface area contributed by atoms with E-state index in [1.54, 1.807) is 0 Å². The first kappa shape index (κ1) is 11.1. The molecule has 2 rings (SSSR count). The molecule has 1 fully saturated rings. The summed E-state index contributed by atoms with van der Waals surface area (Å²) in [7, 11) is 0. The van der Waals surface area contributed by atoms with Crippen LogP contribution < -0.4 is 10.1 Å². The normalized spacial score (nSPS) is 19.7. The summed E-state index contributed by atoms with van der Waals surface area (Å²) >= 11 is 0. The molecule has 1 aliphatic rings. The molecular formula is C13H17NO2. The third kappa shape index (κ3) is 2.42. The summed E-state index contributed by atoms with van der Waals surface area (Å²) in [5, 5.41) is 3.21. The van der Waals surface area contributed by atoms with Crippen molar-refractivity contribution in [3.8, 4) is 5.75 Å². The van der Waals surface area contributed by atoms with Gasteiger partial charge in [0.15, 0.2) is 5.78 Å². The van der Waals surface area contributed by atoms with Crippen LogP contribution in [0, 0.1) is 0 Å². The van der Waals surface area contributed by atoms with Gasteiger partial charge in [0.05, 0.1) is 12.6 Å². The molecule has 1 saturated heterocycles. The third-order valence-electron chi connectivity index (χ3n) is 2.83. The van der Waals surface area contributed by atoms with Gasteiger partial charge in [-0.2, -0.15) is 0 Å². The van der Waals surface area contributed by atoms with E-state index in [0.29, 0.717) is 6.61 Å². The fourth-order valence-electron chi connectivity index (χ4n) is 1.99. The van der Waals surface area contributed by atoms with E-state index in [1.165, 1.54) is 0 Å². The fourth-order valence-corrected chi connectivity index (χ4v) is 1.99. The minimum atomic E-state index is 0.0120. The van der Waals surface area contributed by atoms with Crippen molar-refractivity contribution in [2.45, 2.75) is 25.8 Å².